The van der Waals surface area contributed by atoms with Crippen LogP contribution in [0.2, 0.25) is 0 Å². The molecule has 260 valence electrons. The van der Waals surface area contributed by atoms with Crippen LogP contribution in [0.3, 0.4) is 0 Å². The number of fused-ring (bicyclic) bond motifs is 3. The van der Waals surface area contributed by atoms with Crippen LogP contribution in [0.5, 0.6) is 0 Å². The molecule has 2 aliphatic rings. The summed E-state index contributed by atoms with van der Waals surface area (Å²) in [6, 6.07) is 58.3. The van der Waals surface area contributed by atoms with E-state index in [0.29, 0.717) is 6.04 Å². The summed E-state index contributed by atoms with van der Waals surface area (Å²) in [5.41, 5.74) is 9.95. The predicted octanol–water partition coefficient (Wildman–Crippen LogP) is 13.0. The molecule has 51 heavy (non-hydrogen) atoms. The van der Waals surface area contributed by atoms with Gasteiger partial charge in [0.25, 0.3) is 0 Å². The Morgan fingerprint density at radius 1 is 0.471 bits per heavy atom. The standard InChI is InChI=1S/C27H28N2.3C7H7.Hf/c1-3-11-20(12-4-1)19-28-27(29-21-13-5-2-6-14-21)26-24-17-9-7-15-22(24)23-16-8-10-18-25(23)26;3*1-7-5-3-2-4-6-7;/h1,3-4,7-12,15-18,21,26-27H,2,5-6,13-14,19H2;3*2-6H,1H2;/q-2;3*-1;. The number of nitrogens with zero attached hydrogens (tertiary/aromatic N) is 2. The Kier molecular flexibility index (Phi) is 16.9. The summed E-state index contributed by atoms with van der Waals surface area (Å²) in [4.78, 5) is 0. The fourth-order valence-corrected chi connectivity index (χ4v) is 6.42. The van der Waals surface area contributed by atoms with Crippen LogP contribution in [0.4, 0.5) is 0 Å². The van der Waals surface area contributed by atoms with E-state index in [2.05, 4.69) is 99.6 Å². The van der Waals surface area contributed by atoms with Crippen LogP contribution < -0.4 is 0 Å². The Labute approximate surface area is 326 Å². The summed E-state index contributed by atoms with van der Waals surface area (Å²) in [6.45, 7) is 11.9. The molecule has 6 aromatic rings. The molecular formula is C48H49HfN2-5. The number of hydrogen-bond acceptors (Lipinski definition) is 0. The van der Waals surface area contributed by atoms with Gasteiger partial charge in [0.15, 0.2) is 0 Å². The molecule has 8 rings (SSSR count). The summed E-state index contributed by atoms with van der Waals surface area (Å²) >= 11 is 0. The molecule has 0 bridgehead atoms. The first kappa shape index (κ1) is 39.5. The second-order valence-corrected chi connectivity index (χ2v) is 12.8. The van der Waals surface area contributed by atoms with Crippen molar-refractivity contribution >= 4 is 0 Å². The molecule has 1 saturated carbocycles. The van der Waals surface area contributed by atoms with Gasteiger partial charge in [0.2, 0.25) is 0 Å². The third-order valence-corrected chi connectivity index (χ3v) is 8.95. The van der Waals surface area contributed by atoms with Gasteiger partial charge in [-0.2, -0.15) is 73.9 Å². The second kappa shape index (κ2) is 21.8. The smallest absolute Gasteiger partial charge is 0 e. The minimum absolute atomic E-state index is 0. The average Bonchev–Trinajstić information content (AvgIpc) is 3.50. The predicted molar refractivity (Wildman–Crippen MR) is 214 cm³/mol. The molecule has 0 aromatic heterocycles. The van der Waals surface area contributed by atoms with Crippen molar-refractivity contribution in [3.63, 3.8) is 0 Å². The topological polar surface area (TPSA) is 28.2 Å². The maximum Gasteiger partial charge on any atom is 0 e. The van der Waals surface area contributed by atoms with Crippen LogP contribution in [0.1, 0.15) is 71.4 Å². The molecule has 6 aromatic carbocycles. The Bertz CT molecular complexity index is 1650. The summed E-state index contributed by atoms with van der Waals surface area (Å²) in [5, 5.41) is 10.6. The van der Waals surface area contributed by atoms with Crippen LogP contribution in [0.15, 0.2) is 170 Å². The molecule has 0 aliphatic heterocycles. The SMILES string of the molecule is [CH2-]c1ccccc1.[CH2-]c1ccccc1.[CH2-]c1ccccc1.[Hf].c1ccc(C[N-]C([N-]C2CCCCC2)C2c3ccccc3-c3ccccc32)cc1. The van der Waals surface area contributed by atoms with Gasteiger partial charge in [-0.15, -0.1) is 49.0 Å². The zero-order valence-corrected chi connectivity index (χ0v) is 33.2. The largest absolute Gasteiger partial charge is 0.674 e. The van der Waals surface area contributed by atoms with Crippen LogP contribution in [-0.4, -0.2) is 12.2 Å². The molecule has 1 unspecified atom stereocenters. The minimum atomic E-state index is -0.0249. The van der Waals surface area contributed by atoms with Gasteiger partial charge in [-0.1, -0.05) is 135 Å². The molecule has 0 amide bonds. The molecule has 1 atom stereocenters. The Hall–Kier alpha value is -4.28. The van der Waals surface area contributed by atoms with Crippen molar-refractivity contribution in [2.75, 3.05) is 0 Å². The third kappa shape index (κ3) is 12.8. The molecule has 0 spiro atoms. The summed E-state index contributed by atoms with van der Waals surface area (Å²) in [7, 11) is 0. The summed E-state index contributed by atoms with van der Waals surface area (Å²) < 4.78 is 0. The van der Waals surface area contributed by atoms with E-state index in [1.807, 2.05) is 91.0 Å². The summed E-state index contributed by atoms with van der Waals surface area (Å²) in [5.74, 6) is 0.230. The van der Waals surface area contributed by atoms with E-state index >= 15 is 0 Å². The van der Waals surface area contributed by atoms with Crippen LogP contribution in [0, 0.1) is 20.8 Å². The first-order chi connectivity index (χ1) is 24.6. The zero-order valence-electron chi connectivity index (χ0n) is 29.7. The second-order valence-electron chi connectivity index (χ2n) is 12.8. The van der Waals surface area contributed by atoms with Gasteiger partial charge in [-0.05, 0) is 28.2 Å². The maximum absolute atomic E-state index is 5.36. The molecule has 0 N–H and O–H groups in total. The van der Waals surface area contributed by atoms with Crippen molar-refractivity contribution in [2.24, 2.45) is 0 Å². The van der Waals surface area contributed by atoms with E-state index in [4.69, 9.17) is 10.6 Å². The first-order valence-corrected chi connectivity index (χ1v) is 17.8. The Morgan fingerprint density at radius 2 is 0.843 bits per heavy atom. The van der Waals surface area contributed by atoms with E-state index < -0.39 is 0 Å². The quantitative estimate of drug-likeness (QED) is 0.118. The molecule has 3 heteroatoms. The minimum Gasteiger partial charge on any atom is -0.674 e. The van der Waals surface area contributed by atoms with Crippen molar-refractivity contribution in [1.82, 2.24) is 0 Å². The fraction of sp³-hybridized carbons (Fsp3) is 0.188. The molecule has 1 fully saturated rings. The molecule has 0 radical (unpaired) electrons. The van der Waals surface area contributed by atoms with Crippen molar-refractivity contribution in [3.05, 3.63) is 235 Å². The van der Waals surface area contributed by atoms with Gasteiger partial charge >= 0.3 is 0 Å². The average molecular weight is 832 g/mol. The molecule has 0 heterocycles. The maximum atomic E-state index is 5.36. The fourth-order valence-electron chi connectivity index (χ4n) is 6.42. The van der Waals surface area contributed by atoms with E-state index in [9.17, 15) is 0 Å². The van der Waals surface area contributed by atoms with Crippen molar-refractivity contribution in [3.8, 4) is 11.1 Å². The number of rotatable bonds is 6. The van der Waals surface area contributed by atoms with Gasteiger partial charge in [-0.25, -0.2) is 6.17 Å². The van der Waals surface area contributed by atoms with Gasteiger partial charge in [0.1, 0.15) is 0 Å². The number of benzene rings is 6. The molecule has 0 saturated heterocycles. The van der Waals surface area contributed by atoms with Crippen LogP contribution in [0.25, 0.3) is 21.8 Å². The van der Waals surface area contributed by atoms with Crippen LogP contribution in [-0.2, 0) is 32.4 Å². The van der Waals surface area contributed by atoms with E-state index in [1.165, 1.54) is 59.9 Å². The van der Waals surface area contributed by atoms with Gasteiger partial charge < -0.3 is 10.6 Å². The number of hydrogen-bond donors (Lipinski definition) is 0. The summed E-state index contributed by atoms with van der Waals surface area (Å²) in [6.07, 6.45) is 6.37. The Morgan fingerprint density at radius 3 is 1.24 bits per heavy atom. The van der Waals surface area contributed by atoms with Crippen molar-refractivity contribution < 1.29 is 25.8 Å². The third-order valence-electron chi connectivity index (χ3n) is 8.95. The monoisotopic (exact) mass is 833 g/mol. The zero-order chi connectivity index (χ0) is 34.8. The van der Waals surface area contributed by atoms with E-state index in [-0.39, 0.29) is 37.9 Å². The Balaban J connectivity index is 0.000000214. The van der Waals surface area contributed by atoms with E-state index in [0.717, 1.165) is 23.2 Å². The van der Waals surface area contributed by atoms with E-state index in [1.54, 1.807) is 0 Å². The normalized spacial score (nSPS) is 13.6. The van der Waals surface area contributed by atoms with Crippen molar-refractivity contribution in [1.29, 1.82) is 0 Å². The van der Waals surface area contributed by atoms with Gasteiger partial charge in [0, 0.05) is 25.8 Å². The van der Waals surface area contributed by atoms with Crippen molar-refractivity contribution in [2.45, 2.75) is 56.8 Å². The van der Waals surface area contributed by atoms with Gasteiger partial charge in [-0.3, -0.25) is 0 Å². The molecular weight excluding hydrogens is 783 g/mol. The molecule has 2 aliphatic carbocycles. The van der Waals surface area contributed by atoms with Gasteiger partial charge in [0.05, 0.1) is 0 Å². The first-order valence-electron chi connectivity index (χ1n) is 17.8. The van der Waals surface area contributed by atoms with Crippen LogP contribution >= 0.6 is 0 Å². The molecule has 2 nitrogen and oxygen atoms in total.